The van der Waals surface area contributed by atoms with E-state index in [2.05, 4.69) is 9.88 Å². The van der Waals surface area contributed by atoms with Gasteiger partial charge in [-0.1, -0.05) is 18.2 Å². The van der Waals surface area contributed by atoms with E-state index in [1.54, 1.807) is 0 Å². The molecule has 4 heteroatoms. The molecule has 0 atom stereocenters. The van der Waals surface area contributed by atoms with E-state index in [1.165, 1.54) is 0 Å². The molecule has 19 heavy (non-hydrogen) atoms. The topological polar surface area (TPSA) is 56.3 Å². The summed E-state index contributed by atoms with van der Waals surface area (Å²) >= 11 is 0. The number of rotatable bonds is 3. The van der Waals surface area contributed by atoms with Gasteiger partial charge >= 0.3 is 0 Å². The van der Waals surface area contributed by atoms with Gasteiger partial charge in [0, 0.05) is 19.0 Å². The minimum absolute atomic E-state index is 0.0476. The number of pyridine rings is 1. The van der Waals surface area contributed by atoms with Gasteiger partial charge in [-0.05, 0) is 36.3 Å². The van der Waals surface area contributed by atoms with E-state index in [0.29, 0.717) is 5.92 Å². The number of nitrogens with zero attached hydrogens (tertiary/aromatic N) is 1. The number of aliphatic hydroxyl groups is 1. The maximum Gasteiger partial charge on any atom is 0.257 e. The molecule has 1 saturated carbocycles. The third-order valence-electron chi connectivity index (χ3n) is 3.89. The van der Waals surface area contributed by atoms with Crippen LogP contribution in [0.25, 0.3) is 10.8 Å². The number of hydrogen-bond donors (Lipinski definition) is 2. The molecule has 1 aliphatic rings. The van der Waals surface area contributed by atoms with Gasteiger partial charge in [0.05, 0.1) is 6.10 Å². The molecule has 1 fully saturated rings. The second-order valence-corrected chi connectivity index (χ2v) is 5.44. The minimum atomic E-state index is -0.131. The van der Waals surface area contributed by atoms with Crippen LogP contribution in [0.1, 0.15) is 12.8 Å². The summed E-state index contributed by atoms with van der Waals surface area (Å²) in [7, 11) is 1.98. The van der Waals surface area contributed by atoms with E-state index in [1.807, 2.05) is 37.4 Å². The van der Waals surface area contributed by atoms with Crippen LogP contribution in [0.15, 0.2) is 35.1 Å². The predicted molar refractivity (Wildman–Crippen MR) is 76.6 cm³/mol. The van der Waals surface area contributed by atoms with E-state index in [0.717, 1.165) is 36.0 Å². The van der Waals surface area contributed by atoms with Gasteiger partial charge in [0.25, 0.3) is 5.56 Å². The van der Waals surface area contributed by atoms with E-state index < -0.39 is 0 Å². The molecule has 0 bridgehead atoms. The first-order valence-electron chi connectivity index (χ1n) is 6.65. The Balaban J connectivity index is 1.86. The average Bonchev–Trinajstić information content (AvgIpc) is 2.37. The van der Waals surface area contributed by atoms with Crippen molar-refractivity contribution in [2.75, 3.05) is 18.5 Å². The van der Waals surface area contributed by atoms with E-state index in [4.69, 9.17) is 0 Å². The van der Waals surface area contributed by atoms with Gasteiger partial charge in [-0.2, -0.15) is 0 Å². The molecule has 2 N–H and O–H groups in total. The van der Waals surface area contributed by atoms with Crippen molar-refractivity contribution < 1.29 is 5.11 Å². The van der Waals surface area contributed by atoms with Crippen LogP contribution in [0, 0.1) is 5.92 Å². The third kappa shape index (κ3) is 2.36. The zero-order chi connectivity index (χ0) is 13.4. The van der Waals surface area contributed by atoms with E-state index >= 15 is 0 Å². The van der Waals surface area contributed by atoms with Crippen molar-refractivity contribution in [3.63, 3.8) is 0 Å². The maximum atomic E-state index is 12.0. The molecular formula is C15H18N2O2. The maximum absolute atomic E-state index is 12.0. The Morgan fingerprint density at radius 2 is 2.11 bits per heavy atom. The lowest BCUT2D eigenvalue weighted by Gasteiger charge is -2.35. The molecule has 100 valence electrons. The van der Waals surface area contributed by atoms with Gasteiger partial charge < -0.3 is 15.0 Å². The molecule has 0 unspecified atom stereocenters. The molecule has 0 aliphatic heterocycles. The number of aromatic amines is 1. The third-order valence-corrected chi connectivity index (χ3v) is 3.89. The Labute approximate surface area is 111 Å². The highest BCUT2D eigenvalue weighted by atomic mass is 16.3. The fourth-order valence-corrected chi connectivity index (χ4v) is 2.74. The molecule has 1 aromatic carbocycles. The largest absolute Gasteiger partial charge is 0.393 e. The predicted octanol–water partition coefficient (Wildman–Crippen LogP) is 1.74. The van der Waals surface area contributed by atoms with E-state index in [9.17, 15) is 9.90 Å². The molecule has 0 radical (unpaired) electrons. The SMILES string of the molecule is CN(CC1CC(O)C1)c1cc2ccccc2c(=O)[nH]1. The van der Waals surface area contributed by atoms with Gasteiger partial charge in [0.15, 0.2) is 0 Å². The molecular weight excluding hydrogens is 240 g/mol. The zero-order valence-electron chi connectivity index (χ0n) is 11.0. The molecule has 4 nitrogen and oxygen atoms in total. The van der Waals surface area contributed by atoms with Crippen LogP contribution < -0.4 is 10.5 Å². The number of nitrogens with one attached hydrogen (secondary N) is 1. The van der Waals surface area contributed by atoms with Crippen LogP contribution in [0.3, 0.4) is 0 Å². The van der Waals surface area contributed by atoms with Gasteiger partial charge in [-0.25, -0.2) is 0 Å². The summed E-state index contributed by atoms with van der Waals surface area (Å²) in [6.45, 7) is 0.866. The summed E-state index contributed by atoms with van der Waals surface area (Å²) in [5, 5.41) is 11.0. The number of anilines is 1. The van der Waals surface area contributed by atoms with Crippen LogP contribution in [0.2, 0.25) is 0 Å². The summed E-state index contributed by atoms with van der Waals surface area (Å²) in [6.07, 6.45) is 1.60. The Hall–Kier alpha value is -1.81. The lowest BCUT2D eigenvalue weighted by atomic mass is 9.82. The standard InChI is InChI=1S/C15H18N2O2/c1-17(9-10-6-12(18)7-10)14-8-11-4-2-3-5-13(11)15(19)16-14/h2-5,8,10,12,18H,6-7,9H2,1H3,(H,16,19). The normalized spacial score (nSPS) is 22.2. The first-order chi connectivity index (χ1) is 9.13. The lowest BCUT2D eigenvalue weighted by molar-refractivity contribution is 0.0464. The van der Waals surface area contributed by atoms with E-state index in [-0.39, 0.29) is 11.7 Å². The Morgan fingerprint density at radius 3 is 2.84 bits per heavy atom. The summed E-state index contributed by atoms with van der Waals surface area (Å²) in [4.78, 5) is 17.0. The van der Waals surface area contributed by atoms with Crippen LogP contribution in [0.4, 0.5) is 5.82 Å². The number of benzene rings is 1. The number of aliphatic hydroxyl groups excluding tert-OH is 1. The van der Waals surface area contributed by atoms with Gasteiger partial charge in [-0.15, -0.1) is 0 Å². The molecule has 2 aromatic rings. The second-order valence-electron chi connectivity index (χ2n) is 5.44. The van der Waals surface area contributed by atoms with Gasteiger partial charge in [-0.3, -0.25) is 4.79 Å². The van der Waals surface area contributed by atoms with Crippen molar-refractivity contribution >= 4 is 16.6 Å². The molecule has 3 rings (SSSR count). The zero-order valence-corrected chi connectivity index (χ0v) is 11.0. The summed E-state index contributed by atoms with van der Waals surface area (Å²) in [5.74, 6) is 1.36. The molecule has 0 amide bonds. The van der Waals surface area contributed by atoms with Crippen LogP contribution in [-0.2, 0) is 0 Å². The Kier molecular flexibility index (Phi) is 3.03. The number of fused-ring (bicyclic) bond motifs is 1. The van der Waals surface area contributed by atoms with Crippen molar-refractivity contribution in [1.29, 1.82) is 0 Å². The number of H-pyrrole nitrogens is 1. The highest BCUT2D eigenvalue weighted by Gasteiger charge is 2.28. The Bertz CT molecular complexity index is 644. The van der Waals surface area contributed by atoms with Crippen molar-refractivity contribution in [3.05, 3.63) is 40.7 Å². The average molecular weight is 258 g/mol. The molecule has 1 heterocycles. The van der Waals surface area contributed by atoms with Crippen molar-refractivity contribution in [1.82, 2.24) is 4.98 Å². The van der Waals surface area contributed by atoms with Gasteiger partial charge in [0.1, 0.15) is 5.82 Å². The molecule has 1 aliphatic carbocycles. The quantitative estimate of drug-likeness (QED) is 0.881. The van der Waals surface area contributed by atoms with Crippen molar-refractivity contribution in [3.8, 4) is 0 Å². The van der Waals surface area contributed by atoms with Crippen LogP contribution in [0.5, 0.6) is 0 Å². The number of aromatic nitrogens is 1. The highest BCUT2D eigenvalue weighted by molar-refractivity contribution is 5.83. The minimum Gasteiger partial charge on any atom is -0.393 e. The number of hydrogen-bond acceptors (Lipinski definition) is 3. The molecule has 1 aromatic heterocycles. The molecule has 0 saturated heterocycles. The van der Waals surface area contributed by atoms with Crippen molar-refractivity contribution in [2.24, 2.45) is 5.92 Å². The second kappa shape index (κ2) is 4.70. The van der Waals surface area contributed by atoms with Crippen molar-refractivity contribution in [2.45, 2.75) is 18.9 Å². The lowest BCUT2D eigenvalue weighted by Crippen LogP contribution is -2.37. The smallest absolute Gasteiger partial charge is 0.257 e. The Morgan fingerprint density at radius 1 is 1.37 bits per heavy atom. The monoisotopic (exact) mass is 258 g/mol. The summed E-state index contributed by atoms with van der Waals surface area (Å²) < 4.78 is 0. The van der Waals surface area contributed by atoms with Crippen LogP contribution in [-0.4, -0.2) is 29.8 Å². The first kappa shape index (κ1) is 12.2. The van der Waals surface area contributed by atoms with Gasteiger partial charge in [0.2, 0.25) is 0 Å². The van der Waals surface area contributed by atoms with Crippen LogP contribution >= 0.6 is 0 Å². The summed E-state index contributed by atoms with van der Waals surface area (Å²) in [5.41, 5.74) is -0.0476. The highest BCUT2D eigenvalue weighted by Crippen LogP contribution is 2.28. The first-order valence-corrected chi connectivity index (χ1v) is 6.65. The fourth-order valence-electron chi connectivity index (χ4n) is 2.74. The molecule has 0 spiro atoms. The summed E-state index contributed by atoms with van der Waals surface area (Å²) in [6, 6.07) is 9.60. The fraction of sp³-hybridized carbons (Fsp3) is 0.400.